The molecule has 5 nitrogen and oxygen atoms in total. The summed E-state index contributed by atoms with van der Waals surface area (Å²) in [6, 6.07) is 7.23. The number of hydrogen-bond donors (Lipinski definition) is 0. The van der Waals surface area contributed by atoms with Crippen LogP contribution in [-0.2, 0) is 30.5 Å². The molecule has 0 aliphatic carbocycles. The maximum atomic E-state index is 13.5. The Hall–Kier alpha value is -2.77. The van der Waals surface area contributed by atoms with Crippen molar-refractivity contribution in [1.82, 2.24) is 19.6 Å². The molecule has 2 aromatic rings. The molecule has 1 aromatic heterocycles. The van der Waals surface area contributed by atoms with Crippen LogP contribution in [-0.4, -0.2) is 38.6 Å². The molecule has 1 saturated heterocycles. The minimum absolute atomic E-state index is 0.143. The van der Waals surface area contributed by atoms with Gasteiger partial charge in [-0.2, -0.15) is 18.3 Å². The Balaban J connectivity index is 1.66. The van der Waals surface area contributed by atoms with Gasteiger partial charge in [-0.15, -0.1) is 0 Å². The first-order valence-corrected chi connectivity index (χ1v) is 9.69. The van der Waals surface area contributed by atoms with Crippen molar-refractivity contribution in [2.45, 2.75) is 45.5 Å². The van der Waals surface area contributed by atoms with Gasteiger partial charge in [0.05, 0.1) is 17.9 Å². The first-order valence-electron chi connectivity index (χ1n) is 9.69. The molecule has 0 unspecified atom stereocenters. The van der Waals surface area contributed by atoms with E-state index in [9.17, 15) is 18.0 Å². The van der Waals surface area contributed by atoms with Gasteiger partial charge in [0.15, 0.2) is 5.69 Å². The molecule has 29 heavy (non-hydrogen) atoms. The van der Waals surface area contributed by atoms with Gasteiger partial charge in [-0.1, -0.05) is 18.7 Å². The van der Waals surface area contributed by atoms with Gasteiger partial charge < -0.3 is 9.80 Å². The van der Waals surface area contributed by atoms with Crippen molar-refractivity contribution in [2.24, 2.45) is 0 Å². The monoisotopic (exact) mass is 404 g/mol. The Labute approximate surface area is 167 Å². The standard InChI is InChI=1S/C21H23F3N4O/c1-14(2)26-11-9-17-18(13-26)28(25-20(17)21(22,23)24)16-7-5-15(6-8-16)12-27-10-3-4-19(27)29/h5-8H,1,3-4,9-13H2,2H3. The zero-order valence-corrected chi connectivity index (χ0v) is 16.3. The normalized spacial score (nSPS) is 17.0. The molecule has 0 saturated carbocycles. The topological polar surface area (TPSA) is 41.4 Å². The molecular weight excluding hydrogens is 381 g/mol. The van der Waals surface area contributed by atoms with E-state index in [2.05, 4.69) is 11.7 Å². The van der Waals surface area contributed by atoms with E-state index < -0.39 is 11.9 Å². The van der Waals surface area contributed by atoms with Crippen LogP contribution in [0.4, 0.5) is 13.2 Å². The van der Waals surface area contributed by atoms with Crippen molar-refractivity contribution in [3.05, 3.63) is 59.1 Å². The Morgan fingerprint density at radius 3 is 2.48 bits per heavy atom. The lowest BCUT2D eigenvalue weighted by Gasteiger charge is -2.30. The minimum Gasteiger partial charge on any atom is -0.369 e. The van der Waals surface area contributed by atoms with Crippen LogP contribution in [0.3, 0.4) is 0 Å². The number of carbonyl (C=O) groups excluding carboxylic acids is 1. The molecule has 0 radical (unpaired) electrons. The minimum atomic E-state index is -4.49. The van der Waals surface area contributed by atoms with Gasteiger partial charge >= 0.3 is 6.18 Å². The van der Waals surface area contributed by atoms with Crippen molar-refractivity contribution >= 4 is 5.91 Å². The van der Waals surface area contributed by atoms with E-state index in [1.54, 1.807) is 17.0 Å². The van der Waals surface area contributed by atoms with Gasteiger partial charge in [0.1, 0.15) is 0 Å². The van der Waals surface area contributed by atoms with E-state index in [4.69, 9.17) is 0 Å². The van der Waals surface area contributed by atoms with Crippen LogP contribution in [0.2, 0.25) is 0 Å². The first-order chi connectivity index (χ1) is 13.7. The molecule has 8 heteroatoms. The van der Waals surface area contributed by atoms with Crippen LogP contribution in [0.25, 0.3) is 5.69 Å². The third kappa shape index (κ3) is 3.75. The molecule has 0 atom stereocenters. The Bertz CT molecular complexity index is 946. The van der Waals surface area contributed by atoms with Gasteiger partial charge in [0.25, 0.3) is 0 Å². The number of aromatic nitrogens is 2. The SMILES string of the molecule is C=C(C)N1CCc2c(C(F)(F)F)nn(-c3ccc(CN4CCCC4=O)cc3)c2C1. The van der Waals surface area contributed by atoms with Gasteiger partial charge in [-0.3, -0.25) is 4.79 Å². The summed E-state index contributed by atoms with van der Waals surface area (Å²) in [5, 5.41) is 3.94. The fourth-order valence-corrected chi connectivity index (χ4v) is 4.02. The molecule has 0 bridgehead atoms. The maximum absolute atomic E-state index is 13.5. The molecule has 2 aliphatic heterocycles. The third-order valence-electron chi connectivity index (χ3n) is 5.60. The number of likely N-dealkylation sites (tertiary alicyclic amines) is 1. The Morgan fingerprint density at radius 2 is 1.90 bits per heavy atom. The lowest BCUT2D eigenvalue weighted by atomic mass is 10.0. The molecule has 154 valence electrons. The number of alkyl halides is 3. The second-order valence-electron chi connectivity index (χ2n) is 7.68. The number of halogens is 3. The average Bonchev–Trinajstić information content (AvgIpc) is 3.25. The molecule has 3 heterocycles. The number of nitrogens with zero attached hydrogens (tertiary/aromatic N) is 4. The van der Waals surface area contributed by atoms with Gasteiger partial charge in [0, 0.05) is 37.3 Å². The van der Waals surface area contributed by atoms with E-state index in [1.807, 2.05) is 24.0 Å². The summed E-state index contributed by atoms with van der Waals surface area (Å²) in [5.41, 5.74) is 2.36. The lowest BCUT2D eigenvalue weighted by Crippen LogP contribution is -2.30. The quantitative estimate of drug-likeness (QED) is 0.776. The molecular formula is C21H23F3N4O. The maximum Gasteiger partial charge on any atom is 0.435 e. The largest absolute Gasteiger partial charge is 0.435 e. The Morgan fingerprint density at radius 1 is 1.17 bits per heavy atom. The van der Waals surface area contributed by atoms with Crippen molar-refractivity contribution in [1.29, 1.82) is 0 Å². The van der Waals surface area contributed by atoms with E-state index in [0.29, 0.717) is 37.4 Å². The van der Waals surface area contributed by atoms with Crippen molar-refractivity contribution in [3.63, 3.8) is 0 Å². The van der Waals surface area contributed by atoms with Crippen LogP contribution in [0.5, 0.6) is 0 Å². The van der Waals surface area contributed by atoms with E-state index in [0.717, 1.165) is 24.2 Å². The summed E-state index contributed by atoms with van der Waals surface area (Å²) in [6.45, 7) is 7.89. The highest BCUT2D eigenvalue weighted by Crippen LogP contribution is 2.36. The molecule has 0 spiro atoms. The number of fused-ring (bicyclic) bond motifs is 1. The second-order valence-corrected chi connectivity index (χ2v) is 7.68. The summed E-state index contributed by atoms with van der Waals surface area (Å²) in [7, 11) is 0. The summed E-state index contributed by atoms with van der Waals surface area (Å²) < 4.78 is 42.0. The number of rotatable bonds is 4. The van der Waals surface area contributed by atoms with Crippen molar-refractivity contribution in [3.8, 4) is 5.69 Å². The van der Waals surface area contributed by atoms with E-state index in [-0.39, 0.29) is 17.9 Å². The van der Waals surface area contributed by atoms with E-state index >= 15 is 0 Å². The van der Waals surface area contributed by atoms with Crippen LogP contribution < -0.4 is 0 Å². The second kappa shape index (κ2) is 7.24. The number of benzene rings is 1. The number of carbonyl (C=O) groups is 1. The smallest absolute Gasteiger partial charge is 0.369 e. The van der Waals surface area contributed by atoms with Gasteiger partial charge in [-0.05, 0) is 37.5 Å². The number of allylic oxidation sites excluding steroid dienone is 1. The first kappa shape index (κ1) is 19.5. The summed E-state index contributed by atoms with van der Waals surface area (Å²) in [6.07, 6.45) is -2.75. The number of amides is 1. The summed E-state index contributed by atoms with van der Waals surface area (Å²) in [5.74, 6) is 0.143. The molecule has 1 fully saturated rings. The molecule has 4 rings (SSSR count). The molecule has 2 aliphatic rings. The third-order valence-corrected chi connectivity index (χ3v) is 5.60. The highest BCUT2D eigenvalue weighted by Gasteiger charge is 2.40. The average molecular weight is 404 g/mol. The Kier molecular flexibility index (Phi) is 4.88. The van der Waals surface area contributed by atoms with Crippen molar-refractivity contribution < 1.29 is 18.0 Å². The number of hydrogen-bond acceptors (Lipinski definition) is 3. The predicted molar refractivity (Wildman–Crippen MR) is 102 cm³/mol. The zero-order valence-electron chi connectivity index (χ0n) is 16.3. The van der Waals surface area contributed by atoms with Gasteiger partial charge in [0.2, 0.25) is 5.91 Å². The molecule has 0 N–H and O–H groups in total. The zero-order chi connectivity index (χ0) is 20.8. The van der Waals surface area contributed by atoms with E-state index in [1.165, 1.54) is 4.68 Å². The molecule has 1 amide bonds. The molecule has 1 aromatic carbocycles. The summed E-state index contributed by atoms with van der Waals surface area (Å²) >= 11 is 0. The highest BCUT2D eigenvalue weighted by molar-refractivity contribution is 5.78. The van der Waals surface area contributed by atoms with Crippen LogP contribution in [0, 0.1) is 0 Å². The van der Waals surface area contributed by atoms with Crippen molar-refractivity contribution in [2.75, 3.05) is 13.1 Å². The van der Waals surface area contributed by atoms with Gasteiger partial charge in [-0.25, -0.2) is 4.68 Å². The predicted octanol–water partition coefficient (Wildman–Crippen LogP) is 3.91. The van der Waals surface area contributed by atoms with Crippen LogP contribution in [0.1, 0.15) is 42.3 Å². The lowest BCUT2D eigenvalue weighted by molar-refractivity contribution is -0.142. The van der Waals surface area contributed by atoms with Crippen LogP contribution in [0.15, 0.2) is 36.5 Å². The fourth-order valence-electron chi connectivity index (χ4n) is 4.02. The summed E-state index contributed by atoms with van der Waals surface area (Å²) in [4.78, 5) is 15.6. The highest BCUT2D eigenvalue weighted by atomic mass is 19.4. The van der Waals surface area contributed by atoms with Crippen LogP contribution >= 0.6 is 0 Å². The fraction of sp³-hybridized carbons (Fsp3) is 0.429.